The zero-order valence-electron chi connectivity index (χ0n) is 19.5. The Balaban J connectivity index is 1.72. The molecule has 3 amide bonds. The smallest absolute Gasteiger partial charge is 0.269 e. The highest BCUT2D eigenvalue weighted by molar-refractivity contribution is 7.90. The van der Waals surface area contributed by atoms with E-state index in [1.165, 1.54) is 17.0 Å². The van der Waals surface area contributed by atoms with E-state index in [4.69, 9.17) is 23.2 Å². The number of nitrogens with zero attached hydrogens (tertiary/aromatic N) is 2. The lowest BCUT2D eigenvalue weighted by Gasteiger charge is -2.29. The van der Waals surface area contributed by atoms with Crippen molar-refractivity contribution in [1.82, 2.24) is 14.5 Å². The van der Waals surface area contributed by atoms with Crippen LogP contribution in [0.1, 0.15) is 49.0 Å². The number of fused-ring (bicyclic) bond motifs is 1. The van der Waals surface area contributed by atoms with Crippen molar-refractivity contribution in [2.45, 2.75) is 50.6 Å². The summed E-state index contributed by atoms with van der Waals surface area (Å²) < 4.78 is 26.3. The monoisotopic (exact) mass is 539 g/mol. The van der Waals surface area contributed by atoms with Crippen molar-refractivity contribution >= 4 is 50.9 Å². The second-order valence-electron chi connectivity index (χ2n) is 8.21. The van der Waals surface area contributed by atoms with Crippen LogP contribution in [0.2, 0.25) is 10.0 Å². The highest BCUT2D eigenvalue weighted by Gasteiger charge is 2.40. The Labute approximate surface area is 215 Å². The second kappa shape index (κ2) is 11.4. The minimum Gasteiger partial charge on any atom is -0.354 e. The van der Waals surface area contributed by atoms with Crippen LogP contribution in [-0.2, 0) is 26.2 Å². The van der Waals surface area contributed by atoms with Crippen molar-refractivity contribution in [3.63, 3.8) is 0 Å². The van der Waals surface area contributed by atoms with Crippen molar-refractivity contribution in [2.24, 2.45) is 0 Å². The molecule has 0 saturated carbocycles. The van der Waals surface area contributed by atoms with E-state index < -0.39 is 22.0 Å². The third kappa shape index (κ3) is 5.97. The summed E-state index contributed by atoms with van der Waals surface area (Å²) in [7, 11) is -3.95. The zero-order valence-corrected chi connectivity index (χ0v) is 21.8. The van der Waals surface area contributed by atoms with Crippen molar-refractivity contribution in [1.29, 1.82) is 0 Å². The van der Waals surface area contributed by atoms with E-state index >= 15 is 0 Å². The minimum atomic E-state index is -3.95. The number of amides is 3. The van der Waals surface area contributed by atoms with Gasteiger partial charge in [-0.3, -0.25) is 14.4 Å². The molecule has 1 aliphatic heterocycles. The molecule has 1 unspecified atom stereocenters. The third-order valence-corrected chi connectivity index (χ3v) is 8.16. The largest absolute Gasteiger partial charge is 0.354 e. The molecule has 0 bridgehead atoms. The van der Waals surface area contributed by atoms with Crippen LogP contribution < -0.4 is 5.32 Å². The minimum absolute atomic E-state index is 0.0310. The number of carbonyl (C=O) groups excluding carboxylic acids is 3. The van der Waals surface area contributed by atoms with Gasteiger partial charge in [0.15, 0.2) is 0 Å². The summed E-state index contributed by atoms with van der Waals surface area (Å²) in [6.45, 7) is 3.95. The Hall–Kier alpha value is -2.62. The Morgan fingerprint density at radius 1 is 1.14 bits per heavy atom. The molecule has 0 aliphatic carbocycles. The molecular formula is C24H27Cl2N3O5S. The van der Waals surface area contributed by atoms with Gasteiger partial charge >= 0.3 is 0 Å². The summed E-state index contributed by atoms with van der Waals surface area (Å²) in [6, 6.07) is 10.1. The van der Waals surface area contributed by atoms with Gasteiger partial charge in [0.1, 0.15) is 10.9 Å². The van der Waals surface area contributed by atoms with Crippen LogP contribution in [0.15, 0.2) is 47.4 Å². The maximum absolute atomic E-state index is 13.2. The quantitative estimate of drug-likeness (QED) is 0.493. The number of nitrogens with one attached hydrogen (secondary N) is 1. The molecule has 1 aliphatic rings. The molecule has 1 heterocycles. The molecule has 0 spiro atoms. The van der Waals surface area contributed by atoms with Gasteiger partial charge in [-0.1, -0.05) is 48.3 Å². The predicted molar refractivity (Wildman–Crippen MR) is 134 cm³/mol. The molecule has 11 heteroatoms. The molecule has 3 rings (SSSR count). The van der Waals surface area contributed by atoms with Crippen LogP contribution in [0.3, 0.4) is 0 Å². The third-order valence-electron chi connectivity index (χ3n) is 5.74. The zero-order chi connectivity index (χ0) is 25.8. The lowest BCUT2D eigenvalue weighted by Crippen LogP contribution is -2.47. The van der Waals surface area contributed by atoms with Gasteiger partial charge in [-0.25, -0.2) is 12.7 Å². The lowest BCUT2D eigenvalue weighted by molar-refractivity contribution is -0.140. The Morgan fingerprint density at radius 2 is 1.86 bits per heavy atom. The first-order valence-corrected chi connectivity index (χ1v) is 13.4. The maximum atomic E-state index is 13.2. The van der Waals surface area contributed by atoms with Gasteiger partial charge in [0.25, 0.3) is 15.9 Å². The Bertz CT molecular complexity index is 1240. The number of benzene rings is 2. The molecule has 35 heavy (non-hydrogen) atoms. The van der Waals surface area contributed by atoms with E-state index in [0.29, 0.717) is 22.2 Å². The standard InChI is InChI=1S/C24H27Cl2N3O5S/c1-3-12-27-23(31)16(2)28(15-17-10-11-18(25)14-20(17)26)22(30)9-6-13-29-24(32)19-7-4-5-8-21(19)35(29,33)34/h4-5,7-8,10-11,14,16H,3,6,9,12-13,15H2,1-2H3,(H,27,31). The highest BCUT2D eigenvalue weighted by atomic mass is 35.5. The number of rotatable bonds is 10. The average Bonchev–Trinajstić information content (AvgIpc) is 3.02. The Kier molecular flexibility index (Phi) is 8.79. The molecule has 1 N–H and O–H groups in total. The second-order valence-corrected chi connectivity index (χ2v) is 10.9. The molecule has 1 atom stereocenters. The van der Waals surface area contributed by atoms with Crippen LogP contribution in [0.4, 0.5) is 0 Å². The molecule has 2 aromatic carbocycles. The highest BCUT2D eigenvalue weighted by Crippen LogP contribution is 2.30. The van der Waals surface area contributed by atoms with E-state index in [9.17, 15) is 22.8 Å². The van der Waals surface area contributed by atoms with Crippen molar-refractivity contribution in [3.05, 3.63) is 63.6 Å². The van der Waals surface area contributed by atoms with Crippen LogP contribution in [0.5, 0.6) is 0 Å². The first-order chi connectivity index (χ1) is 16.6. The van der Waals surface area contributed by atoms with Crippen molar-refractivity contribution in [2.75, 3.05) is 13.1 Å². The van der Waals surface area contributed by atoms with Crippen LogP contribution >= 0.6 is 23.2 Å². The fourth-order valence-corrected chi connectivity index (χ4v) is 5.86. The summed E-state index contributed by atoms with van der Waals surface area (Å²) in [4.78, 5) is 39.8. The van der Waals surface area contributed by atoms with Gasteiger partial charge in [-0.05, 0) is 49.6 Å². The fraction of sp³-hybridized carbons (Fsp3) is 0.375. The van der Waals surface area contributed by atoms with Crippen LogP contribution in [0.25, 0.3) is 0 Å². The Morgan fingerprint density at radius 3 is 2.51 bits per heavy atom. The summed E-state index contributed by atoms with van der Waals surface area (Å²) >= 11 is 12.3. The normalized spacial score (nSPS) is 15.0. The van der Waals surface area contributed by atoms with Gasteiger partial charge in [0, 0.05) is 36.1 Å². The predicted octanol–water partition coefficient (Wildman–Crippen LogP) is 3.86. The van der Waals surface area contributed by atoms with Gasteiger partial charge < -0.3 is 10.2 Å². The molecule has 8 nitrogen and oxygen atoms in total. The number of hydrogen-bond acceptors (Lipinski definition) is 5. The SMILES string of the molecule is CCCNC(=O)C(C)N(Cc1ccc(Cl)cc1Cl)C(=O)CCCN1C(=O)c2ccccc2S1(=O)=O. The van der Waals surface area contributed by atoms with E-state index in [1.54, 1.807) is 37.3 Å². The summed E-state index contributed by atoms with van der Waals surface area (Å²) in [6.07, 6.45) is 0.786. The van der Waals surface area contributed by atoms with Gasteiger partial charge in [-0.2, -0.15) is 0 Å². The van der Waals surface area contributed by atoms with E-state index in [1.807, 2.05) is 6.92 Å². The maximum Gasteiger partial charge on any atom is 0.269 e. The average molecular weight is 540 g/mol. The van der Waals surface area contributed by atoms with E-state index in [0.717, 1.165) is 10.7 Å². The summed E-state index contributed by atoms with van der Waals surface area (Å²) in [5.41, 5.74) is 0.742. The molecule has 0 aromatic heterocycles. The van der Waals surface area contributed by atoms with Gasteiger partial charge in [0.05, 0.1) is 5.56 Å². The van der Waals surface area contributed by atoms with Crippen LogP contribution in [-0.4, -0.2) is 54.5 Å². The summed E-state index contributed by atoms with van der Waals surface area (Å²) in [5, 5.41) is 3.60. The number of sulfonamides is 1. The fourth-order valence-electron chi connectivity index (χ4n) is 3.78. The van der Waals surface area contributed by atoms with Crippen LogP contribution in [0, 0.1) is 0 Å². The first kappa shape index (κ1) is 27.0. The number of carbonyl (C=O) groups is 3. The van der Waals surface area contributed by atoms with E-state index in [2.05, 4.69) is 5.32 Å². The summed E-state index contributed by atoms with van der Waals surface area (Å²) in [5.74, 6) is -1.28. The molecule has 0 radical (unpaired) electrons. The molecular weight excluding hydrogens is 513 g/mol. The van der Waals surface area contributed by atoms with Gasteiger partial charge in [0.2, 0.25) is 11.8 Å². The topological polar surface area (TPSA) is 104 Å². The lowest BCUT2D eigenvalue weighted by atomic mass is 10.1. The van der Waals surface area contributed by atoms with Crippen molar-refractivity contribution < 1.29 is 22.8 Å². The van der Waals surface area contributed by atoms with Gasteiger partial charge in [-0.15, -0.1) is 0 Å². The van der Waals surface area contributed by atoms with Crippen molar-refractivity contribution in [3.8, 4) is 0 Å². The molecule has 2 aromatic rings. The first-order valence-electron chi connectivity index (χ1n) is 11.2. The molecule has 188 valence electrons. The number of halogens is 2. The number of hydrogen-bond donors (Lipinski definition) is 1. The molecule has 0 saturated heterocycles. The van der Waals surface area contributed by atoms with E-state index in [-0.39, 0.29) is 48.2 Å². The molecule has 0 fully saturated rings.